The highest BCUT2D eigenvalue weighted by molar-refractivity contribution is 5.81. The average Bonchev–Trinajstić information content (AvgIpc) is 2.85. The Labute approximate surface area is 116 Å². The number of hydrogen-bond donors (Lipinski definition) is 2. The maximum Gasteiger partial charge on any atom is 0.236 e. The molecule has 0 aromatic rings. The molecular formula is C14H28N2O3. The van der Waals surface area contributed by atoms with Crippen molar-refractivity contribution in [3.8, 4) is 0 Å². The van der Waals surface area contributed by atoms with E-state index in [9.17, 15) is 4.79 Å². The fourth-order valence-corrected chi connectivity index (χ4v) is 2.10. The highest BCUT2D eigenvalue weighted by atomic mass is 16.5. The SMILES string of the molecule is CC(C)C[C@H](N)C(=O)NCCCOCC1CCOC1. The zero-order chi connectivity index (χ0) is 14.1. The van der Waals surface area contributed by atoms with Crippen LogP contribution >= 0.6 is 0 Å². The van der Waals surface area contributed by atoms with Crippen LogP contribution < -0.4 is 11.1 Å². The van der Waals surface area contributed by atoms with Crippen LogP contribution in [-0.4, -0.2) is 44.9 Å². The van der Waals surface area contributed by atoms with Gasteiger partial charge in [-0.3, -0.25) is 4.79 Å². The summed E-state index contributed by atoms with van der Waals surface area (Å²) in [5.41, 5.74) is 5.78. The summed E-state index contributed by atoms with van der Waals surface area (Å²) in [7, 11) is 0. The van der Waals surface area contributed by atoms with E-state index >= 15 is 0 Å². The van der Waals surface area contributed by atoms with E-state index in [-0.39, 0.29) is 5.91 Å². The van der Waals surface area contributed by atoms with Gasteiger partial charge in [-0.25, -0.2) is 0 Å². The number of ether oxygens (including phenoxy) is 2. The second-order valence-corrected chi connectivity index (χ2v) is 5.69. The summed E-state index contributed by atoms with van der Waals surface area (Å²) in [5.74, 6) is 0.935. The molecule has 19 heavy (non-hydrogen) atoms. The van der Waals surface area contributed by atoms with Crippen LogP contribution in [-0.2, 0) is 14.3 Å². The molecule has 0 aromatic carbocycles. The summed E-state index contributed by atoms with van der Waals surface area (Å²) in [6.45, 7) is 7.88. The minimum atomic E-state index is -0.392. The molecular weight excluding hydrogens is 244 g/mol. The van der Waals surface area contributed by atoms with Crippen molar-refractivity contribution in [3.63, 3.8) is 0 Å². The van der Waals surface area contributed by atoms with Crippen LogP contribution in [0.5, 0.6) is 0 Å². The van der Waals surface area contributed by atoms with Crippen molar-refractivity contribution in [2.75, 3.05) is 33.0 Å². The van der Waals surface area contributed by atoms with Crippen LogP contribution in [0.4, 0.5) is 0 Å². The van der Waals surface area contributed by atoms with Crippen LogP contribution in [0.1, 0.15) is 33.1 Å². The first-order chi connectivity index (χ1) is 9.09. The molecule has 2 atom stereocenters. The van der Waals surface area contributed by atoms with Gasteiger partial charge in [0, 0.05) is 25.7 Å². The zero-order valence-corrected chi connectivity index (χ0v) is 12.2. The Kier molecular flexibility index (Phi) is 8.02. The van der Waals surface area contributed by atoms with E-state index in [2.05, 4.69) is 19.2 Å². The predicted molar refractivity (Wildman–Crippen MR) is 74.8 cm³/mol. The Balaban J connectivity index is 1.93. The molecule has 0 saturated carbocycles. The summed E-state index contributed by atoms with van der Waals surface area (Å²) in [5, 5.41) is 2.85. The maximum absolute atomic E-state index is 11.6. The molecule has 5 heteroatoms. The molecule has 0 aliphatic carbocycles. The molecule has 112 valence electrons. The molecule has 5 nitrogen and oxygen atoms in total. The number of rotatable bonds is 9. The maximum atomic E-state index is 11.6. The molecule has 0 aromatic heterocycles. The first kappa shape index (κ1) is 16.4. The summed E-state index contributed by atoms with van der Waals surface area (Å²) in [4.78, 5) is 11.6. The van der Waals surface area contributed by atoms with E-state index in [0.717, 1.165) is 39.1 Å². The Morgan fingerprint density at radius 2 is 2.32 bits per heavy atom. The predicted octanol–water partition coefficient (Wildman–Crippen LogP) is 0.919. The number of amides is 1. The van der Waals surface area contributed by atoms with E-state index in [0.29, 0.717) is 25.0 Å². The minimum Gasteiger partial charge on any atom is -0.381 e. The van der Waals surface area contributed by atoms with Crippen molar-refractivity contribution in [2.24, 2.45) is 17.6 Å². The minimum absolute atomic E-state index is 0.0575. The first-order valence-corrected chi connectivity index (χ1v) is 7.28. The normalized spacial score (nSPS) is 20.7. The molecule has 1 unspecified atom stereocenters. The number of nitrogens with two attached hydrogens (primary N) is 1. The quantitative estimate of drug-likeness (QED) is 0.612. The van der Waals surface area contributed by atoms with Crippen molar-refractivity contribution in [1.29, 1.82) is 0 Å². The number of hydrogen-bond acceptors (Lipinski definition) is 4. The van der Waals surface area contributed by atoms with Gasteiger partial charge in [0.15, 0.2) is 0 Å². The van der Waals surface area contributed by atoms with E-state index in [1.807, 2.05) is 0 Å². The number of nitrogens with one attached hydrogen (secondary N) is 1. The van der Waals surface area contributed by atoms with Crippen LogP contribution in [0.3, 0.4) is 0 Å². The lowest BCUT2D eigenvalue weighted by atomic mass is 10.0. The molecule has 0 bridgehead atoms. The van der Waals surface area contributed by atoms with Gasteiger partial charge in [-0.1, -0.05) is 13.8 Å². The molecule has 1 saturated heterocycles. The molecule has 1 aliphatic heterocycles. The molecule has 1 aliphatic rings. The fraction of sp³-hybridized carbons (Fsp3) is 0.929. The molecule has 3 N–H and O–H groups in total. The van der Waals surface area contributed by atoms with Gasteiger partial charge in [-0.15, -0.1) is 0 Å². The molecule has 1 heterocycles. The van der Waals surface area contributed by atoms with Gasteiger partial charge in [0.25, 0.3) is 0 Å². The highest BCUT2D eigenvalue weighted by Crippen LogP contribution is 2.12. The Morgan fingerprint density at radius 1 is 1.53 bits per heavy atom. The summed E-state index contributed by atoms with van der Waals surface area (Å²) in [6, 6.07) is -0.392. The lowest BCUT2D eigenvalue weighted by molar-refractivity contribution is -0.122. The van der Waals surface area contributed by atoms with Crippen LogP contribution in [0, 0.1) is 11.8 Å². The van der Waals surface area contributed by atoms with E-state index < -0.39 is 6.04 Å². The second-order valence-electron chi connectivity index (χ2n) is 5.69. The third kappa shape index (κ3) is 7.50. The molecule has 1 amide bonds. The van der Waals surface area contributed by atoms with Gasteiger partial charge in [0.1, 0.15) is 0 Å². The summed E-state index contributed by atoms with van der Waals surface area (Å²) in [6.07, 6.45) is 2.65. The van der Waals surface area contributed by atoms with Crippen molar-refractivity contribution < 1.29 is 14.3 Å². The molecule has 0 radical (unpaired) electrons. The summed E-state index contributed by atoms with van der Waals surface area (Å²) >= 11 is 0. The van der Waals surface area contributed by atoms with E-state index in [1.165, 1.54) is 0 Å². The van der Waals surface area contributed by atoms with Crippen LogP contribution in [0.25, 0.3) is 0 Å². The van der Waals surface area contributed by atoms with Gasteiger partial charge >= 0.3 is 0 Å². The second kappa shape index (κ2) is 9.28. The van der Waals surface area contributed by atoms with Gasteiger partial charge in [0.05, 0.1) is 19.3 Å². The van der Waals surface area contributed by atoms with Crippen molar-refractivity contribution in [1.82, 2.24) is 5.32 Å². The number of carbonyl (C=O) groups is 1. The third-order valence-electron chi connectivity index (χ3n) is 3.20. The largest absolute Gasteiger partial charge is 0.381 e. The average molecular weight is 272 g/mol. The summed E-state index contributed by atoms with van der Waals surface area (Å²) < 4.78 is 10.8. The Hall–Kier alpha value is -0.650. The van der Waals surface area contributed by atoms with E-state index in [1.54, 1.807) is 0 Å². The standard InChI is InChI=1S/C14H28N2O3/c1-11(2)8-13(15)14(17)16-5-3-6-18-9-12-4-7-19-10-12/h11-13H,3-10,15H2,1-2H3,(H,16,17)/t12?,13-/m0/s1. The molecule has 1 rings (SSSR count). The lowest BCUT2D eigenvalue weighted by Crippen LogP contribution is -2.41. The van der Waals surface area contributed by atoms with Gasteiger partial charge < -0.3 is 20.5 Å². The molecule has 1 fully saturated rings. The van der Waals surface area contributed by atoms with Crippen molar-refractivity contribution in [3.05, 3.63) is 0 Å². The topological polar surface area (TPSA) is 73.6 Å². The van der Waals surface area contributed by atoms with Gasteiger partial charge in [-0.05, 0) is 25.2 Å². The lowest BCUT2D eigenvalue weighted by Gasteiger charge is -2.14. The van der Waals surface area contributed by atoms with E-state index in [4.69, 9.17) is 15.2 Å². The first-order valence-electron chi connectivity index (χ1n) is 7.28. The smallest absolute Gasteiger partial charge is 0.236 e. The fourth-order valence-electron chi connectivity index (χ4n) is 2.10. The van der Waals surface area contributed by atoms with Crippen LogP contribution in [0.2, 0.25) is 0 Å². The zero-order valence-electron chi connectivity index (χ0n) is 12.2. The Bertz CT molecular complexity index is 253. The third-order valence-corrected chi connectivity index (χ3v) is 3.20. The monoisotopic (exact) mass is 272 g/mol. The highest BCUT2D eigenvalue weighted by Gasteiger charge is 2.16. The van der Waals surface area contributed by atoms with Gasteiger partial charge in [-0.2, -0.15) is 0 Å². The van der Waals surface area contributed by atoms with Crippen LogP contribution in [0.15, 0.2) is 0 Å². The molecule has 0 spiro atoms. The van der Waals surface area contributed by atoms with Gasteiger partial charge in [0.2, 0.25) is 5.91 Å². The number of carbonyl (C=O) groups excluding carboxylic acids is 1. The van der Waals surface area contributed by atoms with Crippen molar-refractivity contribution in [2.45, 2.75) is 39.2 Å². The van der Waals surface area contributed by atoms with Crippen molar-refractivity contribution >= 4 is 5.91 Å². The Morgan fingerprint density at radius 3 is 2.95 bits per heavy atom.